The van der Waals surface area contributed by atoms with Gasteiger partial charge in [0.05, 0.1) is 5.56 Å². The second-order valence-corrected chi connectivity index (χ2v) is 3.82. The number of carbonyl (C=O) groups excluding carboxylic acids is 1. The maximum Gasteiger partial charge on any atom is 0.201 e. The van der Waals surface area contributed by atoms with Crippen molar-refractivity contribution in [2.75, 3.05) is 0 Å². The van der Waals surface area contributed by atoms with Crippen molar-refractivity contribution in [3.63, 3.8) is 0 Å². The minimum absolute atomic E-state index is 0.156. The first kappa shape index (κ1) is 13.1. The Hall–Kier alpha value is -2.30. The third-order valence-corrected chi connectivity index (χ3v) is 2.46. The van der Waals surface area contributed by atoms with E-state index >= 15 is 0 Å². The number of rotatable bonds is 3. The fourth-order valence-corrected chi connectivity index (χ4v) is 1.61. The molecule has 2 aromatic rings. The molecule has 0 aliphatic carbocycles. The summed E-state index contributed by atoms with van der Waals surface area (Å²) in [5, 5.41) is 0. The zero-order chi connectivity index (χ0) is 14.0. The van der Waals surface area contributed by atoms with Crippen molar-refractivity contribution < 1.29 is 22.7 Å². The average molecular weight is 266 g/mol. The van der Waals surface area contributed by atoms with Crippen LogP contribution in [0.4, 0.5) is 13.2 Å². The number of hydrogen-bond donors (Lipinski definition) is 0. The van der Waals surface area contributed by atoms with E-state index in [9.17, 15) is 18.0 Å². The van der Waals surface area contributed by atoms with E-state index in [2.05, 4.69) is 0 Å². The number of halogens is 3. The van der Waals surface area contributed by atoms with Gasteiger partial charge in [-0.2, -0.15) is 4.39 Å². The molecule has 2 nitrogen and oxygen atoms in total. The van der Waals surface area contributed by atoms with Gasteiger partial charge in [-0.05, 0) is 31.2 Å². The topological polar surface area (TPSA) is 26.3 Å². The van der Waals surface area contributed by atoms with Gasteiger partial charge in [0.1, 0.15) is 11.6 Å². The molecule has 0 amide bonds. The highest BCUT2D eigenvalue weighted by atomic mass is 19.2. The summed E-state index contributed by atoms with van der Waals surface area (Å²) in [5.74, 6) is -4.18. The Labute approximate surface area is 107 Å². The predicted molar refractivity (Wildman–Crippen MR) is 62.8 cm³/mol. The number of hydrogen-bond acceptors (Lipinski definition) is 2. The Bertz CT molecular complexity index is 639. The zero-order valence-corrected chi connectivity index (χ0v) is 9.91. The second-order valence-electron chi connectivity index (χ2n) is 3.82. The number of carbonyl (C=O) groups is 1. The van der Waals surface area contributed by atoms with Crippen LogP contribution in [0.1, 0.15) is 17.3 Å². The zero-order valence-electron chi connectivity index (χ0n) is 9.91. The summed E-state index contributed by atoms with van der Waals surface area (Å²) in [5.41, 5.74) is -0.300. The van der Waals surface area contributed by atoms with Crippen LogP contribution in [0.2, 0.25) is 0 Å². The van der Waals surface area contributed by atoms with E-state index in [1.54, 1.807) is 0 Å². The Kier molecular flexibility index (Phi) is 3.55. The van der Waals surface area contributed by atoms with Crippen LogP contribution in [0.25, 0.3) is 0 Å². The molecular formula is C14H9F3O2. The lowest BCUT2D eigenvalue weighted by Gasteiger charge is -2.10. The van der Waals surface area contributed by atoms with Crippen molar-refractivity contribution in [1.82, 2.24) is 0 Å². The highest BCUT2D eigenvalue weighted by Crippen LogP contribution is 2.30. The van der Waals surface area contributed by atoms with Crippen LogP contribution in [0.3, 0.4) is 0 Å². The van der Waals surface area contributed by atoms with Crippen LogP contribution in [-0.2, 0) is 0 Å². The van der Waals surface area contributed by atoms with Crippen LogP contribution >= 0.6 is 0 Å². The van der Waals surface area contributed by atoms with Gasteiger partial charge in [-0.1, -0.05) is 12.1 Å². The van der Waals surface area contributed by atoms with E-state index in [4.69, 9.17) is 4.74 Å². The molecule has 0 heterocycles. The lowest BCUT2D eigenvalue weighted by molar-refractivity contribution is 0.101. The van der Waals surface area contributed by atoms with Gasteiger partial charge in [0.2, 0.25) is 5.82 Å². The lowest BCUT2D eigenvalue weighted by Crippen LogP contribution is -2.02. The average Bonchev–Trinajstić information content (AvgIpc) is 2.34. The fraction of sp³-hybridized carbons (Fsp3) is 0.0714. The van der Waals surface area contributed by atoms with Crippen LogP contribution in [0.15, 0.2) is 36.4 Å². The first-order chi connectivity index (χ1) is 9.00. The van der Waals surface area contributed by atoms with Crippen LogP contribution in [0.5, 0.6) is 11.5 Å². The Balaban J connectivity index is 2.47. The maximum atomic E-state index is 13.5. The van der Waals surface area contributed by atoms with Crippen LogP contribution < -0.4 is 4.74 Å². The number of benzene rings is 2. The summed E-state index contributed by atoms with van der Waals surface area (Å²) >= 11 is 0. The first-order valence-corrected chi connectivity index (χ1v) is 5.42. The first-order valence-electron chi connectivity index (χ1n) is 5.42. The normalized spacial score (nSPS) is 10.3. The molecule has 0 saturated heterocycles. The Morgan fingerprint density at radius 3 is 2.16 bits per heavy atom. The smallest absolute Gasteiger partial charge is 0.201 e. The van der Waals surface area contributed by atoms with E-state index in [1.807, 2.05) is 0 Å². The molecule has 19 heavy (non-hydrogen) atoms. The molecule has 0 spiro atoms. The van der Waals surface area contributed by atoms with Crippen LogP contribution in [0, 0.1) is 17.5 Å². The molecule has 0 radical (unpaired) electrons. The monoisotopic (exact) mass is 266 g/mol. The molecule has 0 aliphatic rings. The van der Waals surface area contributed by atoms with Crippen molar-refractivity contribution in [3.8, 4) is 11.5 Å². The largest absolute Gasteiger partial charge is 0.453 e. The fourth-order valence-electron chi connectivity index (χ4n) is 1.61. The highest BCUT2D eigenvalue weighted by molar-refractivity contribution is 5.97. The van der Waals surface area contributed by atoms with Gasteiger partial charge in [0.25, 0.3) is 0 Å². The van der Waals surface area contributed by atoms with Gasteiger partial charge in [-0.25, -0.2) is 8.78 Å². The van der Waals surface area contributed by atoms with Crippen molar-refractivity contribution in [3.05, 3.63) is 59.4 Å². The second kappa shape index (κ2) is 5.14. The summed E-state index contributed by atoms with van der Waals surface area (Å²) in [6, 6.07) is 7.08. The molecule has 0 unspecified atom stereocenters. The van der Waals surface area contributed by atoms with Crippen molar-refractivity contribution >= 4 is 5.78 Å². The van der Waals surface area contributed by atoms with Gasteiger partial charge in [0.15, 0.2) is 17.3 Å². The van der Waals surface area contributed by atoms with Gasteiger partial charge >= 0.3 is 0 Å². The third-order valence-electron chi connectivity index (χ3n) is 2.46. The van der Waals surface area contributed by atoms with E-state index in [0.717, 1.165) is 19.1 Å². The molecule has 0 aliphatic heterocycles. The molecule has 5 heteroatoms. The summed E-state index contributed by atoms with van der Waals surface area (Å²) < 4.78 is 45.1. The van der Waals surface area contributed by atoms with Crippen molar-refractivity contribution in [1.29, 1.82) is 0 Å². The molecule has 2 aromatic carbocycles. The molecule has 2 rings (SSSR count). The van der Waals surface area contributed by atoms with E-state index in [-0.39, 0.29) is 11.3 Å². The summed E-state index contributed by atoms with van der Waals surface area (Å²) in [7, 11) is 0. The van der Waals surface area contributed by atoms with Crippen LogP contribution in [-0.4, -0.2) is 5.78 Å². The Morgan fingerprint density at radius 1 is 0.947 bits per heavy atom. The van der Waals surface area contributed by atoms with E-state index in [1.165, 1.54) is 24.3 Å². The number of ether oxygens (including phenoxy) is 1. The van der Waals surface area contributed by atoms with Gasteiger partial charge in [0, 0.05) is 0 Å². The summed E-state index contributed by atoms with van der Waals surface area (Å²) in [6.07, 6.45) is 0. The quantitative estimate of drug-likeness (QED) is 0.782. The molecule has 0 N–H and O–H groups in total. The molecular weight excluding hydrogens is 257 g/mol. The molecule has 0 fully saturated rings. The lowest BCUT2D eigenvalue weighted by atomic mass is 10.1. The van der Waals surface area contributed by atoms with E-state index in [0.29, 0.717) is 0 Å². The van der Waals surface area contributed by atoms with Crippen molar-refractivity contribution in [2.24, 2.45) is 0 Å². The SMILES string of the molecule is CC(=O)c1c(F)cccc1Oc1cccc(F)c1F. The van der Waals surface area contributed by atoms with Gasteiger partial charge in [-0.3, -0.25) is 4.79 Å². The third kappa shape index (κ3) is 2.59. The van der Waals surface area contributed by atoms with Gasteiger partial charge in [-0.15, -0.1) is 0 Å². The van der Waals surface area contributed by atoms with Crippen molar-refractivity contribution in [2.45, 2.75) is 6.92 Å². The number of Topliss-reactive ketones (excluding diaryl/α,β-unsaturated/α-hetero) is 1. The molecule has 98 valence electrons. The summed E-state index contributed by atoms with van der Waals surface area (Å²) in [6.45, 7) is 1.16. The standard InChI is InChI=1S/C14H9F3O2/c1-8(18)13-9(15)4-2-6-11(13)19-12-7-3-5-10(16)14(12)17/h2-7H,1H3. The summed E-state index contributed by atoms with van der Waals surface area (Å²) in [4.78, 5) is 11.3. The predicted octanol–water partition coefficient (Wildman–Crippen LogP) is 4.10. The van der Waals surface area contributed by atoms with E-state index < -0.39 is 29.0 Å². The minimum Gasteiger partial charge on any atom is -0.453 e. The molecule has 0 aromatic heterocycles. The highest BCUT2D eigenvalue weighted by Gasteiger charge is 2.17. The maximum absolute atomic E-state index is 13.5. The molecule has 0 saturated carbocycles. The van der Waals surface area contributed by atoms with Gasteiger partial charge < -0.3 is 4.74 Å². The molecule has 0 bridgehead atoms. The number of ketones is 1. The minimum atomic E-state index is -1.19. The molecule has 0 atom stereocenters. The Morgan fingerprint density at radius 2 is 1.53 bits per heavy atom.